The van der Waals surface area contributed by atoms with E-state index in [1.165, 1.54) is 38.5 Å². The van der Waals surface area contributed by atoms with Gasteiger partial charge in [-0.3, -0.25) is 0 Å². The van der Waals surface area contributed by atoms with Gasteiger partial charge >= 0.3 is 0 Å². The van der Waals surface area contributed by atoms with Crippen LogP contribution in [-0.4, -0.2) is 5.16 Å². The fraction of sp³-hybridized carbons (Fsp3) is 1.00. The van der Waals surface area contributed by atoms with Gasteiger partial charge in [-0.15, -0.1) is 9.24 Å². The summed E-state index contributed by atoms with van der Waals surface area (Å²) in [7, 11) is 3.05. The second kappa shape index (κ2) is 3.01. The lowest BCUT2D eigenvalue weighted by Gasteiger charge is -2.21. The third-order valence-electron chi connectivity index (χ3n) is 2.35. The molecule has 0 heterocycles. The monoisotopic (exact) mass is 144 g/mol. The van der Waals surface area contributed by atoms with Gasteiger partial charge in [-0.25, -0.2) is 0 Å². The van der Waals surface area contributed by atoms with Crippen molar-refractivity contribution in [1.29, 1.82) is 0 Å². The van der Waals surface area contributed by atoms with E-state index in [4.69, 9.17) is 0 Å². The van der Waals surface area contributed by atoms with Crippen molar-refractivity contribution in [2.24, 2.45) is 0 Å². The molecule has 54 valence electrons. The molecule has 0 spiro atoms. The highest BCUT2D eigenvalue weighted by Crippen LogP contribution is 2.41. The zero-order valence-corrected chi connectivity index (χ0v) is 7.47. The lowest BCUT2D eigenvalue weighted by molar-refractivity contribution is 0.548. The molecule has 0 aromatic heterocycles. The van der Waals surface area contributed by atoms with Crippen LogP contribution in [-0.2, 0) is 0 Å². The van der Waals surface area contributed by atoms with Gasteiger partial charge in [0.1, 0.15) is 0 Å². The average molecular weight is 144 g/mol. The van der Waals surface area contributed by atoms with E-state index in [9.17, 15) is 0 Å². The van der Waals surface area contributed by atoms with Gasteiger partial charge in [0.05, 0.1) is 0 Å². The minimum Gasteiger partial charge on any atom is -0.131 e. The molecule has 0 aliphatic heterocycles. The molecule has 0 N–H and O–H groups in total. The molecule has 0 aromatic rings. The number of hydrogen-bond acceptors (Lipinski definition) is 0. The molecular weight excluding hydrogens is 127 g/mol. The summed E-state index contributed by atoms with van der Waals surface area (Å²) in [5.74, 6) is 0. The first-order chi connectivity index (χ1) is 4.27. The van der Waals surface area contributed by atoms with Crippen molar-refractivity contribution in [3.63, 3.8) is 0 Å². The fourth-order valence-corrected chi connectivity index (χ4v) is 2.52. The Morgan fingerprint density at radius 2 is 1.89 bits per heavy atom. The maximum atomic E-state index is 3.05. The molecule has 1 heteroatoms. The van der Waals surface area contributed by atoms with Gasteiger partial charge in [0, 0.05) is 0 Å². The van der Waals surface area contributed by atoms with Crippen molar-refractivity contribution in [2.45, 2.75) is 50.6 Å². The zero-order valence-electron chi connectivity index (χ0n) is 6.32. The van der Waals surface area contributed by atoms with Gasteiger partial charge in [0.25, 0.3) is 0 Å². The Hall–Kier alpha value is 0.430. The summed E-state index contributed by atoms with van der Waals surface area (Å²) in [5.41, 5.74) is 0. The molecule has 1 fully saturated rings. The minimum atomic E-state index is 0.661. The van der Waals surface area contributed by atoms with Crippen molar-refractivity contribution in [3.05, 3.63) is 0 Å². The number of hydrogen-bond donors (Lipinski definition) is 0. The summed E-state index contributed by atoms with van der Waals surface area (Å²) in [4.78, 5) is 0. The van der Waals surface area contributed by atoms with E-state index in [2.05, 4.69) is 16.2 Å². The zero-order chi connectivity index (χ0) is 6.74. The largest absolute Gasteiger partial charge is 0.131 e. The molecule has 1 rings (SSSR count). The molecule has 1 aliphatic rings. The molecule has 0 amide bonds. The van der Waals surface area contributed by atoms with Crippen LogP contribution in [0.4, 0.5) is 0 Å². The average Bonchev–Trinajstić information content (AvgIpc) is 2.16. The van der Waals surface area contributed by atoms with E-state index >= 15 is 0 Å². The fourth-order valence-electron chi connectivity index (χ4n) is 1.83. The van der Waals surface area contributed by atoms with Crippen LogP contribution in [0, 0.1) is 0 Å². The smallest absolute Gasteiger partial charge is 0.0150 e. The van der Waals surface area contributed by atoms with E-state index in [-0.39, 0.29) is 0 Å². The third kappa shape index (κ3) is 1.93. The maximum absolute atomic E-state index is 3.05. The van der Waals surface area contributed by atoms with Gasteiger partial charge in [-0.2, -0.15) is 0 Å². The third-order valence-corrected chi connectivity index (χ3v) is 3.21. The SMILES string of the molecule is CCCC1(P)CCCC1. The second-order valence-corrected chi connectivity index (χ2v) is 4.54. The Balaban J connectivity index is 2.32. The molecule has 0 saturated heterocycles. The van der Waals surface area contributed by atoms with Crippen LogP contribution >= 0.6 is 9.24 Å². The van der Waals surface area contributed by atoms with Crippen molar-refractivity contribution >= 4 is 9.24 Å². The molecule has 9 heavy (non-hydrogen) atoms. The van der Waals surface area contributed by atoms with Gasteiger partial charge in [0.15, 0.2) is 0 Å². The van der Waals surface area contributed by atoms with Gasteiger partial charge in [-0.1, -0.05) is 26.2 Å². The van der Waals surface area contributed by atoms with Crippen molar-refractivity contribution < 1.29 is 0 Å². The summed E-state index contributed by atoms with van der Waals surface area (Å²) < 4.78 is 0. The Kier molecular flexibility index (Phi) is 2.52. The predicted molar refractivity (Wildman–Crippen MR) is 45.8 cm³/mol. The molecule has 1 aliphatic carbocycles. The van der Waals surface area contributed by atoms with Crippen molar-refractivity contribution in [2.75, 3.05) is 0 Å². The van der Waals surface area contributed by atoms with E-state index in [0.29, 0.717) is 5.16 Å². The highest BCUT2D eigenvalue weighted by Gasteiger charge is 2.27. The Labute approximate surface area is 60.6 Å². The lowest BCUT2D eigenvalue weighted by Crippen LogP contribution is -2.13. The van der Waals surface area contributed by atoms with Crippen LogP contribution in [0.5, 0.6) is 0 Å². The first-order valence-electron chi connectivity index (χ1n) is 4.06. The van der Waals surface area contributed by atoms with Crippen LogP contribution < -0.4 is 0 Å². The van der Waals surface area contributed by atoms with Crippen LogP contribution in [0.1, 0.15) is 45.4 Å². The molecule has 0 bridgehead atoms. The van der Waals surface area contributed by atoms with E-state index in [1.807, 2.05) is 0 Å². The molecule has 1 atom stereocenters. The van der Waals surface area contributed by atoms with E-state index in [0.717, 1.165) is 0 Å². The van der Waals surface area contributed by atoms with Crippen molar-refractivity contribution in [1.82, 2.24) is 0 Å². The molecular formula is C8H17P. The van der Waals surface area contributed by atoms with Crippen LogP contribution in [0.15, 0.2) is 0 Å². The summed E-state index contributed by atoms with van der Waals surface area (Å²) in [6.07, 6.45) is 8.59. The topological polar surface area (TPSA) is 0 Å². The van der Waals surface area contributed by atoms with Crippen molar-refractivity contribution in [3.8, 4) is 0 Å². The van der Waals surface area contributed by atoms with Gasteiger partial charge < -0.3 is 0 Å². The Bertz CT molecular complexity index is 82.6. The quantitative estimate of drug-likeness (QED) is 0.523. The molecule has 1 unspecified atom stereocenters. The summed E-state index contributed by atoms with van der Waals surface area (Å²) in [5, 5.41) is 0.661. The standard InChI is InChI=1S/C8H17P/c1-2-5-8(9)6-3-4-7-8/h2-7,9H2,1H3. The van der Waals surface area contributed by atoms with Gasteiger partial charge in [-0.05, 0) is 24.4 Å². The van der Waals surface area contributed by atoms with E-state index in [1.54, 1.807) is 0 Å². The minimum absolute atomic E-state index is 0.661. The van der Waals surface area contributed by atoms with Crippen LogP contribution in [0.3, 0.4) is 0 Å². The normalized spacial score (nSPS) is 24.7. The van der Waals surface area contributed by atoms with Crippen LogP contribution in [0.2, 0.25) is 0 Å². The van der Waals surface area contributed by atoms with Gasteiger partial charge in [0.2, 0.25) is 0 Å². The van der Waals surface area contributed by atoms with E-state index < -0.39 is 0 Å². The molecule has 1 saturated carbocycles. The highest BCUT2D eigenvalue weighted by atomic mass is 31.0. The first-order valence-corrected chi connectivity index (χ1v) is 4.63. The lowest BCUT2D eigenvalue weighted by atomic mass is 10.0. The summed E-state index contributed by atoms with van der Waals surface area (Å²) >= 11 is 0. The first kappa shape index (κ1) is 7.54. The number of rotatable bonds is 2. The van der Waals surface area contributed by atoms with Crippen LogP contribution in [0.25, 0.3) is 0 Å². The summed E-state index contributed by atoms with van der Waals surface area (Å²) in [6.45, 7) is 2.28. The highest BCUT2D eigenvalue weighted by molar-refractivity contribution is 7.19. The molecule has 0 nitrogen and oxygen atoms in total. The Morgan fingerprint density at radius 3 is 2.33 bits per heavy atom. The Morgan fingerprint density at radius 1 is 1.33 bits per heavy atom. The summed E-state index contributed by atoms with van der Waals surface area (Å²) in [6, 6.07) is 0. The predicted octanol–water partition coefficient (Wildman–Crippen LogP) is 2.97. The molecule has 0 aromatic carbocycles. The molecule has 0 radical (unpaired) electrons. The maximum Gasteiger partial charge on any atom is -0.0150 e. The second-order valence-electron chi connectivity index (χ2n) is 3.32.